The zero-order chi connectivity index (χ0) is 27.2. The number of alkyl halides is 3. The zero-order valence-corrected chi connectivity index (χ0v) is 21.0. The van der Waals surface area contributed by atoms with E-state index >= 15 is 0 Å². The van der Waals surface area contributed by atoms with E-state index in [1.54, 1.807) is 42.1 Å². The highest BCUT2D eigenvalue weighted by Crippen LogP contribution is 2.33. The van der Waals surface area contributed by atoms with E-state index in [0.717, 1.165) is 28.6 Å². The number of aryl methyl sites for hydroxylation is 1. The Balaban J connectivity index is 1.70. The van der Waals surface area contributed by atoms with Crippen molar-refractivity contribution >= 4 is 28.6 Å². The van der Waals surface area contributed by atoms with Crippen LogP contribution in [0.3, 0.4) is 0 Å². The average molecular weight is 563 g/mol. The van der Waals surface area contributed by atoms with Gasteiger partial charge in [-0.25, -0.2) is 14.2 Å². The lowest BCUT2D eigenvalue weighted by atomic mass is 9.99. The van der Waals surface area contributed by atoms with Crippen LogP contribution in [0.5, 0.6) is 11.6 Å². The van der Waals surface area contributed by atoms with Crippen LogP contribution < -0.4 is 14.9 Å². The minimum Gasteiger partial charge on any atom is -0.477 e. The molecule has 5 rings (SSSR count). The molecule has 5 aromatic rings. The van der Waals surface area contributed by atoms with Gasteiger partial charge in [0.2, 0.25) is 0 Å². The fourth-order valence-electron chi connectivity index (χ4n) is 4.25. The summed E-state index contributed by atoms with van der Waals surface area (Å²) in [6, 6.07) is 12.1. The molecule has 0 radical (unpaired) electrons. The fraction of sp³-hybridized carbons (Fsp3) is 0.115. The van der Waals surface area contributed by atoms with E-state index < -0.39 is 23.5 Å². The van der Waals surface area contributed by atoms with Crippen molar-refractivity contribution in [2.24, 2.45) is 0 Å². The van der Waals surface area contributed by atoms with Crippen molar-refractivity contribution in [3.8, 4) is 33.9 Å². The van der Waals surface area contributed by atoms with Crippen LogP contribution in [0.15, 0.2) is 71.8 Å². The number of halogens is 5. The second kappa shape index (κ2) is 9.73. The minimum absolute atomic E-state index is 0.0753. The predicted molar refractivity (Wildman–Crippen MR) is 134 cm³/mol. The summed E-state index contributed by atoms with van der Waals surface area (Å²) in [5.41, 5.74) is 0.805. The summed E-state index contributed by atoms with van der Waals surface area (Å²) < 4.78 is 60.0. The van der Waals surface area contributed by atoms with E-state index in [1.165, 1.54) is 33.9 Å². The summed E-state index contributed by atoms with van der Waals surface area (Å²) >= 11 is 7.20. The van der Waals surface area contributed by atoms with Gasteiger partial charge < -0.3 is 9.84 Å². The normalized spacial score (nSPS) is 11.7. The van der Waals surface area contributed by atoms with E-state index in [1.807, 2.05) is 0 Å². The smallest absolute Gasteiger partial charge is 0.477 e. The molecule has 1 N–H and O–H groups in total. The third kappa shape index (κ3) is 4.94. The molecular weight excluding hydrogens is 546 g/mol. The van der Waals surface area contributed by atoms with Crippen molar-refractivity contribution < 1.29 is 32.0 Å². The van der Waals surface area contributed by atoms with Gasteiger partial charge in [-0.3, -0.25) is 0 Å². The predicted octanol–water partition coefficient (Wildman–Crippen LogP) is 6.13. The van der Waals surface area contributed by atoms with Crippen molar-refractivity contribution in [3.05, 3.63) is 98.1 Å². The maximum Gasteiger partial charge on any atom is 0.573 e. The topological polar surface area (TPSA) is 67.7 Å². The van der Waals surface area contributed by atoms with Crippen molar-refractivity contribution in [2.45, 2.75) is 19.8 Å². The van der Waals surface area contributed by atoms with Crippen LogP contribution in [-0.4, -0.2) is 20.9 Å². The van der Waals surface area contributed by atoms with Gasteiger partial charge in [-0.15, -0.1) is 24.5 Å². The quantitative estimate of drug-likeness (QED) is 0.207. The number of hydrogen-bond acceptors (Lipinski definition) is 5. The number of rotatable bonds is 5. The Labute approximate surface area is 221 Å². The van der Waals surface area contributed by atoms with Gasteiger partial charge in [-0.2, -0.15) is 8.97 Å². The van der Waals surface area contributed by atoms with Crippen LogP contribution in [0, 0.1) is 12.7 Å². The highest BCUT2D eigenvalue weighted by atomic mass is 35.5. The van der Waals surface area contributed by atoms with Crippen LogP contribution in [0.2, 0.25) is 4.47 Å². The van der Waals surface area contributed by atoms with Gasteiger partial charge >= 0.3 is 11.9 Å². The Morgan fingerprint density at radius 1 is 1.13 bits per heavy atom. The van der Waals surface area contributed by atoms with Gasteiger partial charge in [0.1, 0.15) is 18.1 Å². The maximum atomic E-state index is 14.7. The molecule has 0 saturated heterocycles. The van der Waals surface area contributed by atoms with E-state index in [0.29, 0.717) is 10.1 Å². The number of ether oxygens (including phenoxy) is 1. The first kappa shape index (κ1) is 25.7. The minimum atomic E-state index is -4.95. The fourth-order valence-corrected chi connectivity index (χ4v) is 5.21. The maximum absolute atomic E-state index is 14.7. The number of benzene rings is 2. The van der Waals surface area contributed by atoms with Crippen LogP contribution in [-0.2, 0) is 6.54 Å². The summed E-state index contributed by atoms with van der Waals surface area (Å²) in [7, 11) is 0. The van der Waals surface area contributed by atoms with E-state index in [4.69, 9.17) is 11.6 Å². The SMILES string of the molecule is Cc1cccn2c(=O)c(-c3cccc(-c4cc(OC(F)(F)F)ccc4F)c3)c(O)[n+](Cc3cnc(Cl)s3)c12. The summed E-state index contributed by atoms with van der Waals surface area (Å²) in [4.78, 5) is 18.3. The Bertz CT molecular complexity index is 1750. The number of aromatic nitrogens is 3. The molecule has 0 fully saturated rings. The second-order valence-corrected chi connectivity index (χ2v) is 10.0. The lowest BCUT2D eigenvalue weighted by molar-refractivity contribution is -0.671. The number of pyridine rings is 1. The van der Waals surface area contributed by atoms with Crippen molar-refractivity contribution in [1.82, 2.24) is 9.38 Å². The highest BCUT2D eigenvalue weighted by Gasteiger charge is 2.31. The molecule has 0 saturated carbocycles. The molecule has 0 aliphatic heterocycles. The molecule has 38 heavy (non-hydrogen) atoms. The Hall–Kier alpha value is -3.96. The first-order chi connectivity index (χ1) is 18.0. The molecular formula is C26H17ClF4N3O3S+. The van der Waals surface area contributed by atoms with Crippen molar-refractivity contribution in [2.75, 3.05) is 0 Å². The molecule has 3 aromatic heterocycles. The molecule has 0 aliphatic carbocycles. The first-order valence-corrected chi connectivity index (χ1v) is 12.2. The zero-order valence-electron chi connectivity index (χ0n) is 19.5. The summed E-state index contributed by atoms with van der Waals surface area (Å²) in [6.07, 6.45) is -1.82. The van der Waals surface area contributed by atoms with E-state index in [-0.39, 0.29) is 34.7 Å². The van der Waals surface area contributed by atoms with Crippen LogP contribution in [0.4, 0.5) is 17.6 Å². The Kier molecular flexibility index (Phi) is 6.58. The molecule has 0 aliphatic rings. The molecule has 0 unspecified atom stereocenters. The summed E-state index contributed by atoms with van der Waals surface area (Å²) in [6.45, 7) is 1.95. The average Bonchev–Trinajstić information content (AvgIpc) is 3.27. The molecule has 0 amide bonds. The standard InChI is InChI=1S/C26H16ClF4N3O3S/c1-14-4-3-9-33-22(14)34(13-18-12-32-25(27)38-18)24(36)21(23(33)35)16-6-2-5-15(10-16)19-11-17(7-8-20(19)28)37-26(29,30)31/h2-12H,13H2,1H3/p+1. The van der Waals surface area contributed by atoms with Gasteiger partial charge in [0.25, 0.3) is 11.5 Å². The highest BCUT2D eigenvalue weighted by molar-refractivity contribution is 7.15. The molecule has 2 aromatic carbocycles. The van der Waals surface area contributed by atoms with E-state index in [9.17, 15) is 27.5 Å². The summed E-state index contributed by atoms with van der Waals surface area (Å²) in [5.74, 6) is -1.73. The van der Waals surface area contributed by atoms with Gasteiger partial charge in [0.05, 0.1) is 11.1 Å². The largest absolute Gasteiger partial charge is 0.573 e. The lowest BCUT2D eigenvalue weighted by Crippen LogP contribution is -2.41. The van der Waals surface area contributed by atoms with Crippen molar-refractivity contribution in [1.29, 1.82) is 0 Å². The molecule has 6 nitrogen and oxygen atoms in total. The molecule has 0 bridgehead atoms. The van der Waals surface area contributed by atoms with Crippen LogP contribution in [0.25, 0.3) is 27.9 Å². The van der Waals surface area contributed by atoms with Crippen LogP contribution >= 0.6 is 22.9 Å². The molecule has 194 valence electrons. The molecule has 3 heterocycles. The number of hydrogen-bond donors (Lipinski definition) is 1. The third-order valence-corrected chi connectivity index (χ3v) is 6.90. The van der Waals surface area contributed by atoms with Gasteiger partial charge in [-0.05, 0) is 54.4 Å². The first-order valence-electron chi connectivity index (χ1n) is 11.0. The number of thiazole rings is 1. The van der Waals surface area contributed by atoms with Gasteiger partial charge in [0, 0.05) is 17.3 Å². The summed E-state index contributed by atoms with van der Waals surface area (Å²) in [5, 5.41) is 11.4. The van der Waals surface area contributed by atoms with Crippen molar-refractivity contribution in [3.63, 3.8) is 0 Å². The number of nitrogens with zero attached hydrogens (tertiary/aromatic N) is 3. The second-order valence-electron chi connectivity index (χ2n) is 8.32. The lowest BCUT2D eigenvalue weighted by Gasteiger charge is -2.13. The Morgan fingerprint density at radius 2 is 1.89 bits per heavy atom. The van der Waals surface area contributed by atoms with Crippen LogP contribution in [0.1, 0.15) is 10.4 Å². The van der Waals surface area contributed by atoms with E-state index in [2.05, 4.69) is 9.72 Å². The number of aromatic hydroxyl groups is 1. The molecule has 0 spiro atoms. The number of fused-ring (bicyclic) bond motifs is 1. The van der Waals surface area contributed by atoms with Gasteiger partial charge in [-0.1, -0.05) is 29.8 Å². The molecule has 0 atom stereocenters. The monoisotopic (exact) mass is 562 g/mol. The Morgan fingerprint density at radius 3 is 2.61 bits per heavy atom. The van der Waals surface area contributed by atoms with Gasteiger partial charge in [0.15, 0.2) is 10.0 Å². The third-order valence-electron chi connectivity index (χ3n) is 5.80. The molecule has 12 heteroatoms.